The topological polar surface area (TPSA) is 56.7 Å². The van der Waals surface area contributed by atoms with Gasteiger partial charge in [0.05, 0.1) is 6.20 Å². The fourth-order valence-corrected chi connectivity index (χ4v) is 2.84. The highest BCUT2D eigenvalue weighted by molar-refractivity contribution is 9.10. The fraction of sp³-hybridized carbons (Fsp3) is 0.357. The lowest BCUT2D eigenvalue weighted by atomic mass is 10.3. The number of nitrogens with zero attached hydrogens (tertiary/aromatic N) is 4. The van der Waals surface area contributed by atoms with E-state index in [2.05, 4.69) is 30.9 Å². The molecule has 0 aliphatic rings. The Morgan fingerprint density at radius 2 is 2.19 bits per heavy atom. The van der Waals surface area contributed by atoms with Crippen LogP contribution in [0, 0.1) is 6.92 Å². The predicted molar refractivity (Wildman–Crippen MR) is 84.7 cm³/mol. The SMILES string of the molecule is Cc1cnc(C(C)n2c(CCCl)nc3cc(Br)cnc32)o1. The highest BCUT2D eigenvalue weighted by atomic mass is 79.9. The van der Waals surface area contributed by atoms with Crippen LogP contribution < -0.4 is 0 Å². The number of halogens is 2. The molecule has 0 fully saturated rings. The molecule has 5 nitrogen and oxygen atoms in total. The van der Waals surface area contributed by atoms with Gasteiger partial charge >= 0.3 is 0 Å². The quantitative estimate of drug-likeness (QED) is 0.655. The van der Waals surface area contributed by atoms with E-state index in [1.54, 1.807) is 12.4 Å². The van der Waals surface area contributed by atoms with E-state index in [-0.39, 0.29) is 6.04 Å². The molecule has 0 radical (unpaired) electrons. The van der Waals surface area contributed by atoms with E-state index >= 15 is 0 Å². The van der Waals surface area contributed by atoms with Crippen molar-refractivity contribution in [3.05, 3.63) is 40.4 Å². The fourth-order valence-electron chi connectivity index (χ4n) is 2.35. The van der Waals surface area contributed by atoms with Crippen LogP contribution >= 0.6 is 27.5 Å². The molecule has 3 aromatic heterocycles. The van der Waals surface area contributed by atoms with E-state index < -0.39 is 0 Å². The molecule has 3 heterocycles. The summed E-state index contributed by atoms with van der Waals surface area (Å²) >= 11 is 9.32. The van der Waals surface area contributed by atoms with Gasteiger partial charge in [-0.25, -0.2) is 15.0 Å². The van der Waals surface area contributed by atoms with E-state index in [4.69, 9.17) is 16.0 Å². The first-order valence-electron chi connectivity index (χ1n) is 6.61. The van der Waals surface area contributed by atoms with Crippen molar-refractivity contribution in [1.82, 2.24) is 19.5 Å². The van der Waals surface area contributed by atoms with Gasteiger partial charge < -0.3 is 8.98 Å². The average Bonchev–Trinajstić information content (AvgIpc) is 3.01. The molecule has 0 aliphatic heterocycles. The smallest absolute Gasteiger partial charge is 0.217 e. The van der Waals surface area contributed by atoms with Crippen molar-refractivity contribution in [1.29, 1.82) is 0 Å². The summed E-state index contributed by atoms with van der Waals surface area (Å²) in [4.78, 5) is 13.4. The molecule has 0 N–H and O–H groups in total. The van der Waals surface area contributed by atoms with Crippen molar-refractivity contribution in [2.75, 3.05) is 5.88 Å². The standard InChI is InChI=1S/C14H14BrClN4O/c1-8-6-18-14(21-8)9(2)20-12(3-4-16)19-11-5-10(15)7-17-13(11)20/h5-7,9H,3-4H2,1-2H3. The zero-order chi connectivity index (χ0) is 15.0. The first-order valence-corrected chi connectivity index (χ1v) is 7.93. The summed E-state index contributed by atoms with van der Waals surface area (Å²) in [5, 5.41) is 0. The van der Waals surface area contributed by atoms with E-state index in [9.17, 15) is 0 Å². The lowest BCUT2D eigenvalue weighted by Crippen LogP contribution is -2.12. The average molecular weight is 370 g/mol. The van der Waals surface area contributed by atoms with Crippen LogP contribution in [0.25, 0.3) is 11.2 Å². The summed E-state index contributed by atoms with van der Waals surface area (Å²) in [5.41, 5.74) is 1.64. The predicted octanol–water partition coefficient (Wildman–Crippen LogP) is 3.88. The Balaban J connectivity index is 2.16. The maximum absolute atomic E-state index is 5.90. The molecule has 0 aromatic carbocycles. The second kappa shape index (κ2) is 5.77. The number of pyridine rings is 1. The highest BCUT2D eigenvalue weighted by Gasteiger charge is 2.21. The van der Waals surface area contributed by atoms with E-state index in [0.717, 1.165) is 27.2 Å². The van der Waals surface area contributed by atoms with Crippen LogP contribution in [0.2, 0.25) is 0 Å². The lowest BCUT2D eigenvalue weighted by molar-refractivity contribution is 0.413. The van der Waals surface area contributed by atoms with Crippen LogP contribution in [0.1, 0.15) is 30.4 Å². The zero-order valence-corrected chi connectivity index (χ0v) is 14.0. The number of oxazole rings is 1. The Labute approximate surface area is 135 Å². The van der Waals surface area contributed by atoms with Gasteiger partial charge in [0.2, 0.25) is 5.89 Å². The van der Waals surface area contributed by atoms with Crippen LogP contribution in [0.5, 0.6) is 0 Å². The van der Waals surface area contributed by atoms with Gasteiger partial charge in [-0.05, 0) is 35.8 Å². The van der Waals surface area contributed by atoms with Gasteiger partial charge in [-0.1, -0.05) is 0 Å². The first kappa shape index (κ1) is 14.5. The van der Waals surface area contributed by atoms with Crippen molar-refractivity contribution in [2.24, 2.45) is 0 Å². The zero-order valence-electron chi connectivity index (χ0n) is 11.7. The van der Waals surface area contributed by atoms with Gasteiger partial charge in [0.1, 0.15) is 23.1 Å². The van der Waals surface area contributed by atoms with Crippen molar-refractivity contribution in [3.8, 4) is 0 Å². The van der Waals surface area contributed by atoms with Crippen molar-refractivity contribution in [3.63, 3.8) is 0 Å². The number of aryl methyl sites for hydroxylation is 2. The highest BCUT2D eigenvalue weighted by Crippen LogP contribution is 2.26. The summed E-state index contributed by atoms with van der Waals surface area (Å²) in [6, 6.07) is 1.86. The van der Waals surface area contributed by atoms with Gasteiger partial charge in [0.15, 0.2) is 5.65 Å². The molecule has 3 aromatic rings. The van der Waals surface area contributed by atoms with E-state index in [0.29, 0.717) is 18.2 Å². The second-order valence-corrected chi connectivity index (χ2v) is 6.11. The molecule has 0 aliphatic carbocycles. The Kier molecular flexibility index (Phi) is 3.99. The third-order valence-corrected chi connectivity index (χ3v) is 3.89. The maximum atomic E-state index is 5.90. The third kappa shape index (κ3) is 2.70. The number of fused-ring (bicyclic) bond motifs is 1. The number of hydrogen-bond acceptors (Lipinski definition) is 4. The van der Waals surface area contributed by atoms with Crippen LogP contribution in [0.15, 0.2) is 27.3 Å². The Morgan fingerprint density at radius 1 is 1.38 bits per heavy atom. The second-order valence-electron chi connectivity index (χ2n) is 4.82. The van der Waals surface area contributed by atoms with Crippen LogP contribution in [0.4, 0.5) is 0 Å². The van der Waals surface area contributed by atoms with Gasteiger partial charge in [-0.2, -0.15) is 0 Å². The molecule has 0 spiro atoms. The van der Waals surface area contributed by atoms with E-state index in [1.807, 2.05) is 24.5 Å². The molecule has 110 valence electrons. The third-order valence-electron chi connectivity index (χ3n) is 3.27. The number of imidazole rings is 1. The van der Waals surface area contributed by atoms with Gasteiger partial charge in [0, 0.05) is 23.0 Å². The molecule has 1 unspecified atom stereocenters. The van der Waals surface area contributed by atoms with Crippen molar-refractivity contribution >= 4 is 38.7 Å². The number of rotatable bonds is 4. The minimum atomic E-state index is -0.0874. The number of hydrogen-bond donors (Lipinski definition) is 0. The lowest BCUT2D eigenvalue weighted by Gasteiger charge is -2.13. The minimum absolute atomic E-state index is 0.0874. The normalized spacial score (nSPS) is 13.0. The monoisotopic (exact) mass is 368 g/mol. The molecule has 3 rings (SSSR count). The summed E-state index contributed by atoms with van der Waals surface area (Å²) in [5.74, 6) is 2.82. The first-order chi connectivity index (χ1) is 10.1. The maximum Gasteiger partial charge on any atom is 0.217 e. The molecule has 7 heteroatoms. The van der Waals surface area contributed by atoms with Gasteiger partial charge in [-0.15, -0.1) is 11.6 Å². The molecule has 0 saturated carbocycles. The largest absolute Gasteiger partial charge is 0.444 e. The Bertz CT molecular complexity index is 782. The van der Waals surface area contributed by atoms with Crippen LogP contribution in [-0.4, -0.2) is 25.4 Å². The summed E-state index contributed by atoms with van der Waals surface area (Å²) in [7, 11) is 0. The molecule has 0 saturated heterocycles. The Hall–Kier alpha value is -1.40. The van der Waals surface area contributed by atoms with E-state index in [1.165, 1.54) is 0 Å². The molecule has 1 atom stereocenters. The summed E-state index contributed by atoms with van der Waals surface area (Å²) in [6.45, 7) is 3.90. The molecular formula is C14H14BrClN4O. The molecule has 21 heavy (non-hydrogen) atoms. The van der Waals surface area contributed by atoms with Crippen molar-refractivity contribution in [2.45, 2.75) is 26.3 Å². The summed E-state index contributed by atoms with van der Waals surface area (Å²) in [6.07, 6.45) is 4.15. The van der Waals surface area contributed by atoms with Crippen LogP contribution in [0.3, 0.4) is 0 Å². The van der Waals surface area contributed by atoms with Gasteiger partial charge in [0.25, 0.3) is 0 Å². The van der Waals surface area contributed by atoms with Crippen molar-refractivity contribution < 1.29 is 4.42 Å². The molecular weight excluding hydrogens is 356 g/mol. The minimum Gasteiger partial charge on any atom is -0.444 e. The molecule has 0 bridgehead atoms. The molecule has 0 amide bonds. The Morgan fingerprint density at radius 3 is 2.86 bits per heavy atom. The summed E-state index contributed by atoms with van der Waals surface area (Å²) < 4.78 is 8.58. The van der Waals surface area contributed by atoms with Crippen LogP contribution in [-0.2, 0) is 6.42 Å². The number of alkyl halides is 1. The van der Waals surface area contributed by atoms with Gasteiger partial charge in [-0.3, -0.25) is 0 Å². The number of aromatic nitrogens is 4.